The van der Waals surface area contributed by atoms with Crippen LogP contribution in [0.1, 0.15) is 48.1 Å². The number of hydrogen-bond donors (Lipinski definition) is 0. The number of hydrogen-bond acceptors (Lipinski definition) is 5. The fourth-order valence-corrected chi connectivity index (χ4v) is 3.67. The molecule has 0 atom stereocenters. The maximum absolute atomic E-state index is 12.4. The van der Waals surface area contributed by atoms with Gasteiger partial charge in [0, 0.05) is 35.5 Å². The van der Waals surface area contributed by atoms with Crippen molar-refractivity contribution in [1.82, 2.24) is 4.57 Å². The van der Waals surface area contributed by atoms with E-state index in [1.54, 1.807) is 6.07 Å². The highest BCUT2D eigenvalue weighted by molar-refractivity contribution is 5.99. The van der Waals surface area contributed by atoms with Gasteiger partial charge >= 0.3 is 5.97 Å². The standard InChI is InChI=1S/C22H27NO5/c1-6-23-14(2)10-17(15(23)3)18(24)12-27-20(25)13-26-19-9-7-8-16-11-22(4,5)28-21(16)19/h7-10H,6,11-13H2,1-5H3. The van der Waals surface area contributed by atoms with Crippen LogP contribution in [0.25, 0.3) is 0 Å². The Bertz CT molecular complexity index is 910. The zero-order valence-corrected chi connectivity index (χ0v) is 17.1. The van der Waals surface area contributed by atoms with Crippen molar-refractivity contribution < 1.29 is 23.8 Å². The van der Waals surface area contributed by atoms with Gasteiger partial charge in [-0.05, 0) is 46.8 Å². The molecule has 0 aliphatic carbocycles. The van der Waals surface area contributed by atoms with Gasteiger partial charge in [-0.2, -0.15) is 0 Å². The Balaban J connectivity index is 1.55. The summed E-state index contributed by atoms with van der Waals surface area (Å²) in [5.74, 6) is 0.376. The molecule has 1 aromatic heterocycles. The molecule has 0 bridgehead atoms. The molecule has 2 heterocycles. The van der Waals surface area contributed by atoms with Gasteiger partial charge < -0.3 is 18.8 Å². The summed E-state index contributed by atoms with van der Waals surface area (Å²) in [6.45, 7) is 10.1. The fourth-order valence-electron chi connectivity index (χ4n) is 3.67. The van der Waals surface area contributed by atoms with E-state index in [9.17, 15) is 9.59 Å². The summed E-state index contributed by atoms with van der Waals surface area (Å²) in [4.78, 5) is 24.4. The number of esters is 1. The minimum atomic E-state index is -0.590. The van der Waals surface area contributed by atoms with E-state index in [1.807, 2.05) is 52.8 Å². The van der Waals surface area contributed by atoms with E-state index in [0.29, 0.717) is 17.1 Å². The molecule has 0 saturated heterocycles. The molecule has 28 heavy (non-hydrogen) atoms. The normalized spacial score (nSPS) is 14.3. The highest BCUT2D eigenvalue weighted by Crippen LogP contribution is 2.41. The molecular weight excluding hydrogens is 358 g/mol. The second-order valence-electron chi connectivity index (χ2n) is 7.68. The number of aromatic nitrogens is 1. The van der Waals surface area contributed by atoms with E-state index < -0.39 is 5.97 Å². The molecule has 0 N–H and O–H groups in total. The number of ketones is 1. The van der Waals surface area contributed by atoms with Crippen molar-refractivity contribution in [2.75, 3.05) is 13.2 Å². The van der Waals surface area contributed by atoms with Crippen molar-refractivity contribution in [2.24, 2.45) is 0 Å². The van der Waals surface area contributed by atoms with Crippen molar-refractivity contribution in [3.63, 3.8) is 0 Å². The number of carbonyl (C=O) groups excluding carboxylic acids is 2. The van der Waals surface area contributed by atoms with Crippen molar-refractivity contribution in [3.05, 3.63) is 46.8 Å². The molecule has 0 fully saturated rings. The van der Waals surface area contributed by atoms with Gasteiger partial charge in [0.15, 0.2) is 24.7 Å². The number of fused-ring (bicyclic) bond motifs is 1. The summed E-state index contributed by atoms with van der Waals surface area (Å²) in [5.41, 5.74) is 3.25. The van der Waals surface area contributed by atoms with Crippen LogP contribution in [0.2, 0.25) is 0 Å². The quantitative estimate of drug-likeness (QED) is 0.538. The number of Topliss-reactive ketones (excluding diaryl/α,β-unsaturated/α-hetero) is 1. The summed E-state index contributed by atoms with van der Waals surface area (Å²) in [5, 5.41) is 0. The molecule has 6 heteroatoms. The van der Waals surface area contributed by atoms with Gasteiger partial charge in [-0.1, -0.05) is 12.1 Å². The Hall–Kier alpha value is -2.76. The number of carbonyl (C=O) groups is 2. The highest BCUT2D eigenvalue weighted by Gasteiger charge is 2.32. The second-order valence-corrected chi connectivity index (χ2v) is 7.68. The van der Waals surface area contributed by atoms with Crippen molar-refractivity contribution >= 4 is 11.8 Å². The van der Waals surface area contributed by atoms with E-state index in [1.165, 1.54) is 0 Å². The van der Waals surface area contributed by atoms with Gasteiger partial charge in [-0.25, -0.2) is 4.79 Å². The average Bonchev–Trinajstić information content (AvgIpc) is 3.11. The van der Waals surface area contributed by atoms with E-state index in [4.69, 9.17) is 14.2 Å². The SMILES string of the molecule is CCn1c(C)cc(C(=O)COC(=O)COc2cccc3c2OC(C)(C)C3)c1C. The van der Waals surface area contributed by atoms with Crippen LogP contribution in [-0.4, -0.2) is 35.1 Å². The Morgan fingerprint density at radius 2 is 1.96 bits per heavy atom. The van der Waals surface area contributed by atoms with Gasteiger partial charge in [0.1, 0.15) is 5.60 Å². The van der Waals surface area contributed by atoms with E-state index in [0.717, 1.165) is 29.9 Å². The zero-order chi connectivity index (χ0) is 20.5. The molecule has 1 aliphatic heterocycles. The second kappa shape index (κ2) is 7.70. The Kier molecular flexibility index (Phi) is 5.49. The first-order valence-electron chi connectivity index (χ1n) is 9.51. The van der Waals surface area contributed by atoms with Crippen molar-refractivity contribution in [2.45, 2.75) is 53.2 Å². The molecule has 1 aromatic carbocycles. The lowest BCUT2D eigenvalue weighted by molar-refractivity contribution is -0.144. The molecule has 1 aliphatic rings. The van der Waals surface area contributed by atoms with Crippen molar-refractivity contribution in [1.29, 1.82) is 0 Å². The fraction of sp³-hybridized carbons (Fsp3) is 0.455. The zero-order valence-electron chi connectivity index (χ0n) is 17.1. The predicted molar refractivity (Wildman–Crippen MR) is 105 cm³/mol. The lowest BCUT2D eigenvalue weighted by atomic mass is 10.0. The minimum absolute atomic E-state index is 0.216. The van der Waals surface area contributed by atoms with Crippen LogP contribution in [0.3, 0.4) is 0 Å². The first kappa shape index (κ1) is 20.0. The maximum atomic E-state index is 12.4. The molecule has 150 valence electrons. The lowest BCUT2D eigenvalue weighted by Crippen LogP contribution is -2.25. The first-order valence-corrected chi connectivity index (χ1v) is 9.51. The first-order chi connectivity index (χ1) is 13.2. The van der Waals surface area contributed by atoms with Crippen LogP contribution < -0.4 is 9.47 Å². The van der Waals surface area contributed by atoms with Gasteiger partial charge in [0.25, 0.3) is 0 Å². The van der Waals surface area contributed by atoms with Crippen LogP contribution in [0.15, 0.2) is 24.3 Å². The molecule has 0 amide bonds. The number of ether oxygens (including phenoxy) is 3. The van der Waals surface area contributed by atoms with E-state index in [-0.39, 0.29) is 24.6 Å². The third-order valence-electron chi connectivity index (χ3n) is 4.96. The topological polar surface area (TPSA) is 66.8 Å². The highest BCUT2D eigenvalue weighted by atomic mass is 16.6. The van der Waals surface area contributed by atoms with Crippen LogP contribution in [0, 0.1) is 13.8 Å². The summed E-state index contributed by atoms with van der Waals surface area (Å²) in [7, 11) is 0. The monoisotopic (exact) mass is 385 g/mol. The van der Waals surface area contributed by atoms with Gasteiger partial charge in [0.05, 0.1) is 0 Å². The van der Waals surface area contributed by atoms with Crippen LogP contribution in [0.4, 0.5) is 0 Å². The third-order valence-corrected chi connectivity index (χ3v) is 4.96. The molecule has 6 nitrogen and oxygen atoms in total. The number of benzene rings is 1. The van der Waals surface area contributed by atoms with Gasteiger partial charge in [-0.15, -0.1) is 0 Å². The van der Waals surface area contributed by atoms with Crippen LogP contribution in [0.5, 0.6) is 11.5 Å². The van der Waals surface area contributed by atoms with Crippen molar-refractivity contribution in [3.8, 4) is 11.5 Å². The predicted octanol–water partition coefficient (Wildman–Crippen LogP) is 3.64. The average molecular weight is 385 g/mol. The molecule has 0 spiro atoms. The number of aryl methyl sites for hydroxylation is 1. The Morgan fingerprint density at radius 3 is 2.64 bits per heavy atom. The summed E-state index contributed by atoms with van der Waals surface area (Å²) in [6, 6.07) is 7.45. The Morgan fingerprint density at radius 1 is 1.21 bits per heavy atom. The van der Waals surface area contributed by atoms with Gasteiger partial charge in [0.2, 0.25) is 5.78 Å². The van der Waals surface area contributed by atoms with Crippen LogP contribution in [-0.2, 0) is 22.5 Å². The largest absolute Gasteiger partial charge is 0.483 e. The smallest absolute Gasteiger partial charge is 0.344 e. The lowest BCUT2D eigenvalue weighted by Gasteiger charge is -2.18. The van der Waals surface area contributed by atoms with Crippen LogP contribution >= 0.6 is 0 Å². The summed E-state index contributed by atoms with van der Waals surface area (Å²) >= 11 is 0. The number of rotatable bonds is 7. The molecule has 3 rings (SSSR count). The minimum Gasteiger partial charge on any atom is -0.483 e. The van der Waals surface area contributed by atoms with Gasteiger partial charge in [-0.3, -0.25) is 4.79 Å². The molecule has 0 unspecified atom stereocenters. The number of para-hydroxylation sites is 1. The van der Waals surface area contributed by atoms with E-state index >= 15 is 0 Å². The van der Waals surface area contributed by atoms with E-state index in [2.05, 4.69) is 4.57 Å². The summed E-state index contributed by atoms with van der Waals surface area (Å²) < 4.78 is 18.7. The molecular formula is C22H27NO5. The third kappa shape index (κ3) is 4.06. The number of nitrogens with zero attached hydrogens (tertiary/aromatic N) is 1. The summed E-state index contributed by atoms with van der Waals surface area (Å²) in [6.07, 6.45) is 0.786. The molecule has 2 aromatic rings. The Labute approximate surface area is 165 Å². The maximum Gasteiger partial charge on any atom is 0.344 e. The molecule has 0 saturated carbocycles. The molecule has 0 radical (unpaired) electrons.